The van der Waals surface area contributed by atoms with E-state index < -0.39 is 15.2 Å². The minimum atomic E-state index is -0.965. The quantitative estimate of drug-likeness (QED) is 0.716. The SMILES string of the molecule is CN1C(=O)C23C[C@](C)(C#N)[C@H](c4cccs4)N2C(=O)C1(C)SS3. The average Bonchev–Trinajstić information content (AvgIpc) is 3.13. The van der Waals surface area contributed by atoms with Crippen LogP contribution in [0, 0.1) is 16.7 Å². The van der Waals surface area contributed by atoms with Crippen molar-refractivity contribution in [2.75, 3.05) is 7.05 Å². The molecule has 0 saturated carbocycles. The van der Waals surface area contributed by atoms with E-state index in [0.717, 1.165) is 4.88 Å². The molecule has 4 fully saturated rings. The molecular weight excluding hydrogens is 350 g/mol. The molecular formula is C15H15N3O2S3. The van der Waals surface area contributed by atoms with Gasteiger partial charge in [0.25, 0.3) is 11.8 Å². The topological polar surface area (TPSA) is 64.4 Å². The number of carbonyl (C=O) groups is 2. The Labute approximate surface area is 146 Å². The second-order valence-electron chi connectivity index (χ2n) is 6.60. The summed E-state index contributed by atoms with van der Waals surface area (Å²) in [6.45, 7) is 3.66. The van der Waals surface area contributed by atoms with Crippen molar-refractivity contribution in [1.82, 2.24) is 9.80 Å². The third-order valence-electron chi connectivity index (χ3n) is 5.16. The second kappa shape index (κ2) is 4.47. The summed E-state index contributed by atoms with van der Waals surface area (Å²) in [5.74, 6) is -0.135. The molecule has 2 amide bonds. The smallest absolute Gasteiger partial charge is 0.261 e. The van der Waals surface area contributed by atoms with Gasteiger partial charge in [-0.3, -0.25) is 9.59 Å². The Balaban J connectivity index is 1.95. The van der Waals surface area contributed by atoms with Crippen LogP contribution in [0.2, 0.25) is 0 Å². The van der Waals surface area contributed by atoms with Gasteiger partial charge in [0.2, 0.25) is 0 Å². The highest BCUT2D eigenvalue weighted by Gasteiger charge is 2.74. The van der Waals surface area contributed by atoms with Gasteiger partial charge in [-0.05, 0) is 25.3 Å². The third-order valence-corrected chi connectivity index (χ3v) is 9.79. The first-order chi connectivity index (χ1) is 10.8. The van der Waals surface area contributed by atoms with E-state index in [4.69, 9.17) is 0 Å². The van der Waals surface area contributed by atoms with Crippen LogP contribution in [-0.4, -0.2) is 38.4 Å². The molecule has 4 saturated heterocycles. The first kappa shape index (κ1) is 15.4. The summed E-state index contributed by atoms with van der Waals surface area (Å²) in [7, 11) is 4.57. The van der Waals surface area contributed by atoms with Crippen molar-refractivity contribution in [1.29, 1.82) is 5.26 Å². The van der Waals surface area contributed by atoms with Gasteiger partial charge in [0, 0.05) is 18.3 Å². The van der Waals surface area contributed by atoms with Crippen LogP contribution in [0.3, 0.4) is 0 Å². The fourth-order valence-corrected chi connectivity index (χ4v) is 8.34. The van der Waals surface area contributed by atoms with E-state index in [1.807, 2.05) is 24.4 Å². The van der Waals surface area contributed by atoms with Gasteiger partial charge in [-0.15, -0.1) is 11.3 Å². The number of carbonyl (C=O) groups excluding carboxylic acids is 2. The van der Waals surface area contributed by atoms with Crippen LogP contribution < -0.4 is 0 Å². The molecule has 4 aliphatic heterocycles. The molecule has 0 aliphatic carbocycles. The zero-order chi connectivity index (χ0) is 16.6. The molecule has 2 bridgehead atoms. The third kappa shape index (κ3) is 1.61. The monoisotopic (exact) mass is 365 g/mol. The molecule has 1 spiro atoms. The van der Waals surface area contributed by atoms with E-state index >= 15 is 0 Å². The maximum Gasteiger partial charge on any atom is 0.261 e. The highest BCUT2D eigenvalue weighted by molar-refractivity contribution is 8.78. The molecule has 5 heterocycles. The predicted octanol–water partition coefficient (Wildman–Crippen LogP) is 2.83. The van der Waals surface area contributed by atoms with Gasteiger partial charge in [0.15, 0.2) is 9.74 Å². The first-order valence-electron chi connectivity index (χ1n) is 7.24. The number of hydrogen-bond donors (Lipinski definition) is 0. The van der Waals surface area contributed by atoms with Gasteiger partial charge < -0.3 is 9.80 Å². The molecule has 8 heteroatoms. The summed E-state index contributed by atoms with van der Waals surface area (Å²) in [5.41, 5.74) is -0.778. The zero-order valence-corrected chi connectivity index (χ0v) is 15.3. The lowest BCUT2D eigenvalue weighted by molar-refractivity contribution is -0.164. The fraction of sp³-hybridized carbons (Fsp3) is 0.533. The van der Waals surface area contributed by atoms with Crippen molar-refractivity contribution in [3.63, 3.8) is 0 Å². The van der Waals surface area contributed by atoms with Gasteiger partial charge in [-0.2, -0.15) is 5.26 Å². The van der Waals surface area contributed by atoms with Crippen molar-refractivity contribution >= 4 is 44.7 Å². The van der Waals surface area contributed by atoms with E-state index in [-0.39, 0.29) is 17.9 Å². The number of fused-ring (bicyclic) bond motifs is 2. The molecule has 5 rings (SSSR count). The summed E-state index contributed by atoms with van der Waals surface area (Å²) in [6, 6.07) is 5.91. The predicted molar refractivity (Wildman–Crippen MR) is 91.3 cm³/mol. The number of piperazine rings is 1. The standard InChI is InChI=1S/C15H15N3O2S3/c1-13(8-16)7-15-12(20)17(3)14(2,22-23-15)11(19)18(15)10(13)9-5-4-6-21-9/h4-6,10H,7H2,1-3H3/t10-,13+,14?,15?/m0/s1. The minimum Gasteiger partial charge on any atom is -0.319 e. The lowest BCUT2D eigenvalue weighted by atomic mass is 9.82. The first-order valence-corrected chi connectivity index (χ1v) is 10.3. The molecule has 2 unspecified atom stereocenters. The van der Waals surface area contributed by atoms with Crippen LogP contribution in [0.15, 0.2) is 17.5 Å². The Morgan fingerprint density at radius 2 is 2.04 bits per heavy atom. The van der Waals surface area contributed by atoms with Crippen molar-refractivity contribution in [3.05, 3.63) is 22.4 Å². The number of nitrogens with zero attached hydrogens (tertiary/aromatic N) is 3. The summed E-state index contributed by atoms with van der Waals surface area (Å²) in [6.07, 6.45) is 0.363. The molecule has 1 aromatic rings. The summed E-state index contributed by atoms with van der Waals surface area (Å²) in [5, 5.41) is 11.8. The fourth-order valence-electron chi connectivity index (χ4n) is 3.79. The highest BCUT2D eigenvalue weighted by Crippen LogP contribution is 2.69. The molecule has 0 aromatic carbocycles. The maximum absolute atomic E-state index is 13.2. The van der Waals surface area contributed by atoms with E-state index in [0.29, 0.717) is 6.42 Å². The maximum atomic E-state index is 13.2. The molecule has 4 atom stereocenters. The molecule has 0 radical (unpaired) electrons. The van der Waals surface area contributed by atoms with Crippen LogP contribution in [0.5, 0.6) is 0 Å². The summed E-state index contributed by atoms with van der Waals surface area (Å²) < 4.78 is 0. The Kier molecular flexibility index (Phi) is 2.98. The van der Waals surface area contributed by atoms with Gasteiger partial charge in [-0.25, -0.2) is 0 Å². The van der Waals surface area contributed by atoms with Gasteiger partial charge in [-0.1, -0.05) is 27.7 Å². The van der Waals surface area contributed by atoms with Crippen molar-refractivity contribution in [3.8, 4) is 6.07 Å². The Morgan fingerprint density at radius 1 is 1.30 bits per heavy atom. The number of thiophene rings is 1. The molecule has 5 nitrogen and oxygen atoms in total. The number of likely N-dealkylation sites (N-methyl/N-ethyl adjacent to an activating group) is 1. The zero-order valence-electron chi connectivity index (χ0n) is 12.9. The van der Waals surface area contributed by atoms with Crippen molar-refractivity contribution in [2.24, 2.45) is 5.41 Å². The molecule has 0 N–H and O–H groups in total. The summed E-state index contributed by atoms with van der Waals surface area (Å²) in [4.78, 5) is 28.7. The molecule has 120 valence electrons. The number of amides is 2. The molecule has 1 aromatic heterocycles. The van der Waals surface area contributed by atoms with Crippen molar-refractivity contribution in [2.45, 2.75) is 36.1 Å². The van der Waals surface area contributed by atoms with Gasteiger partial charge in [0.1, 0.15) is 0 Å². The molecule has 23 heavy (non-hydrogen) atoms. The van der Waals surface area contributed by atoms with Crippen LogP contribution in [0.4, 0.5) is 0 Å². The van der Waals surface area contributed by atoms with Gasteiger partial charge in [0.05, 0.1) is 17.5 Å². The molecule has 4 aliphatic rings. The second-order valence-corrected chi connectivity index (χ2v) is 10.4. The van der Waals surface area contributed by atoms with Crippen LogP contribution in [0.25, 0.3) is 0 Å². The van der Waals surface area contributed by atoms with E-state index in [2.05, 4.69) is 6.07 Å². The van der Waals surface area contributed by atoms with E-state index in [9.17, 15) is 14.9 Å². The Hall–Kier alpha value is -1.17. The van der Waals surface area contributed by atoms with E-state index in [1.54, 1.807) is 23.8 Å². The number of rotatable bonds is 1. The number of nitriles is 1. The summed E-state index contributed by atoms with van der Waals surface area (Å²) >= 11 is 1.53. The van der Waals surface area contributed by atoms with Crippen LogP contribution >= 0.6 is 32.9 Å². The van der Waals surface area contributed by atoms with Gasteiger partial charge >= 0.3 is 0 Å². The Bertz CT molecular complexity index is 761. The van der Waals surface area contributed by atoms with Crippen molar-refractivity contribution < 1.29 is 9.59 Å². The van der Waals surface area contributed by atoms with E-state index in [1.165, 1.54) is 32.9 Å². The normalized spacial score (nSPS) is 42.1. The Morgan fingerprint density at radius 3 is 2.65 bits per heavy atom. The van der Waals surface area contributed by atoms with Crippen LogP contribution in [-0.2, 0) is 9.59 Å². The average molecular weight is 366 g/mol. The lowest BCUT2D eigenvalue weighted by Crippen LogP contribution is -2.73. The highest BCUT2D eigenvalue weighted by atomic mass is 33.1. The van der Waals surface area contributed by atoms with Crippen LogP contribution in [0.1, 0.15) is 31.2 Å². The number of hydrogen-bond acceptors (Lipinski definition) is 6. The largest absolute Gasteiger partial charge is 0.319 e. The minimum absolute atomic E-state index is 0.0659. The lowest BCUT2D eigenvalue weighted by Gasteiger charge is -2.57.